The molecule has 1 aromatic rings. The largest absolute Gasteiger partial charge is 0.0840 e. The lowest BCUT2D eigenvalue weighted by Gasteiger charge is -2.06. The summed E-state index contributed by atoms with van der Waals surface area (Å²) < 4.78 is 0. The van der Waals surface area contributed by atoms with Gasteiger partial charge in [0.2, 0.25) is 0 Å². The van der Waals surface area contributed by atoms with Gasteiger partial charge < -0.3 is 0 Å². The van der Waals surface area contributed by atoms with Gasteiger partial charge in [0.05, 0.1) is 0 Å². The van der Waals surface area contributed by atoms with Gasteiger partial charge in [-0.2, -0.15) is 0 Å². The van der Waals surface area contributed by atoms with Crippen LogP contribution < -0.4 is 0 Å². The number of hydrogen-bond donors (Lipinski definition) is 0. The highest BCUT2D eigenvalue weighted by Crippen LogP contribution is 2.25. The van der Waals surface area contributed by atoms with Gasteiger partial charge in [0.15, 0.2) is 0 Å². The van der Waals surface area contributed by atoms with Gasteiger partial charge >= 0.3 is 0 Å². The van der Waals surface area contributed by atoms with E-state index in [4.69, 9.17) is 23.2 Å². The van der Waals surface area contributed by atoms with Crippen molar-refractivity contribution in [1.82, 2.24) is 0 Å². The number of hydrogen-bond acceptors (Lipinski definition) is 0. The molecule has 0 N–H and O–H groups in total. The fourth-order valence-electron chi connectivity index (χ4n) is 1.69. The van der Waals surface area contributed by atoms with Gasteiger partial charge in [0, 0.05) is 10.0 Å². The van der Waals surface area contributed by atoms with Crippen LogP contribution in [0.4, 0.5) is 0 Å². The van der Waals surface area contributed by atoms with Gasteiger partial charge in [-0.05, 0) is 37.0 Å². The van der Waals surface area contributed by atoms with Crippen LogP contribution in [0.1, 0.15) is 44.6 Å². The first-order valence-electron chi connectivity index (χ1n) is 6.00. The van der Waals surface area contributed by atoms with E-state index in [1.165, 1.54) is 25.7 Å². The number of rotatable bonds is 7. The highest BCUT2D eigenvalue weighted by Gasteiger charge is 2.04. The summed E-state index contributed by atoms with van der Waals surface area (Å²) >= 11 is 12.2. The second-order valence-corrected chi connectivity index (χ2v) is 4.86. The Morgan fingerprint density at radius 2 is 1.75 bits per heavy atom. The monoisotopic (exact) mass is 257 g/mol. The van der Waals surface area contributed by atoms with Crippen molar-refractivity contribution < 1.29 is 0 Å². The molecule has 0 saturated carbocycles. The van der Waals surface area contributed by atoms with Crippen molar-refractivity contribution in [3.63, 3.8) is 0 Å². The molecule has 0 nitrogen and oxygen atoms in total. The minimum Gasteiger partial charge on any atom is -0.0840 e. The molecule has 89 valence electrons. The second kappa shape index (κ2) is 7.97. The molecule has 2 heteroatoms. The van der Waals surface area contributed by atoms with Gasteiger partial charge in [-0.25, -0.2) is 0 Å². The first kappa shape index (κ1) is 13.9. The van der Waals surface area contributed by atoms with Crippen molar-refractivity contribution in [2.24, 2.45) is 0 Å². The van der Waals surface area contributed by atoms with Crippen LogP contribution in [0.2, 0.25) is 10.0 Å². The Hall–Kier alpha value is -0.200. The summed E-state index contributed by atoms with van der Waals surface area (Å²) in [6.45, 7) is 2.23. The van der Waals surface area contributed by atoms with Crippen molar-refractivity contribution in [1.29, 1.82) is 0 Å². The predicted octanol–water partition coefficient (Wildman–Crippen LogP) is 5.71. The molecule has 0 saturated heterocycles. The Labute approximate surface area is 109 Å². The van der Waals surface area contributed by atoms with E-state index in [0.29, 0.717) is 0 Å². The van der Waals surface area contributed by atoms with Crippen molar-refractivity contribution in [2.75, 3.05) is 0 Å². The quantitative estimate of drug-likeness (QED) is 0.549. The summed E-state index contributed by atoms with van der Waals surface area (Å²) in [5.41, 5.74) is 1.06. The molecular weight excluding hydrogens is 239 g/mol. The topological polar surface area (TPSA) is 0 Å². The van der Waals surface area contributed by atoms with Crippen molar-refractivity contribution in [2.45, 2.75) is 45.4 Å². The molecule has 0 atom stereocenters. The number of unbranched alkanes of at least 4 members (excludes halogenated alkanes) is 5. The third kappa shape index (κ3) is 4.76. The summed E-state index contributed by atoms with van der Waals surface area (Å²) in [4.78, 5) is 0. The summed E-state index contributed by atoms with van der Waals surface area (Å²) in [5.74, 6) is 0. The first-order chi connectivity index (χ1) is 7.75. The van der Waals surface area contributed by atoms with E-state index >= 15 is 0 Å². The Balaban J connectivity index is 2.26. The zero-order valence-electron chi connectivity index (χ0n) is 9.81. The van der Waals surface area contributed by atoms with E-state index in [1.807, 2.05) is 18.2 Å². The standard InChI is InChI=1S/C14H19Cl2/c1-2-3-4-5-6-7-9-12-13(15)10-8-11-14(12)16/h7-8,10-11H,2-6,9H2,1H3. The molecule has 0 bridgehead atoms. The fraction of sp³-hybridized carbons (Fsp3) is 0.500. The molecule has 1 aromatic carbocycles. The summed E-state index contributed by atoms with van der Waals surface area (Å²) in [7, 11) is 0. The maximum absolute atomic E-state index is 6.09. The lowest BCUT2D eigenvalue weighted by Crippen LogP contribution is -1.90. The average molecular weight is 258 g/mol. The smallest absolute Gasteiger partial charge is 0.0452 e. The minimum absolute atomic E-state index is 0.775. The molecule has 0 fully saturated rings. The molecule has 0 aromatic heterocycles. The van der Waals surface area contributed by atoms with Crippen LogP contribution in [-0.2, 0) is 6.42 Å². The summed E-state index contributed by atoms with van der Waals surface area (Å²) in [6.07, 6.45) is 9.53. The van der Waals surface area contributed by atoms with E-state index in [9.17, 15) is 0 Å². The van der Waals surface area contributed by atoms with Gasteiger partial charge in [-0.3, -0.25) is 0 Å². The molecule has 0 aliphatic heterocycles. The number of benzene rings is 1. The molecule has 16 heavy (non-hydrogen) atoms. The average Bonchev–Trinajstić information content (AvgIpc) is 2.26. The Morgan fingerprint density at radius 1 is 1.06 bits per heavy atom. The number of halogens is 2. The fourth-order valence-corrected chi connectivity index (χ4v) is 2.24. The van der Waals surface area contributed by atoms with Crippen LogP contribution in [0.5, 0.6) is 0 Å². The van der Waals surface area contributed by atoms with Crippen LogP contribution in [-0.4, -0.2) is 0 Å². The molecule has 0 unspecified atom stereocenters. The molecule has 0 aliphatic rings. The van der Waals surface area contributed by atoms with E-state index in [2.05, 4.69) is 13.3 Å². The Bertz CT molecular complexity index is 287. The minimum atomic E-state index is 0.775. The van der Waals surface area contributed by atoms with Crippen molar-refractivity contribution >= 4 is 23.2 Å². The third-order valence-electron chi connectivity index (χ3n) is 2.67. The summed E-state index contributed by atoms with van der Waals surface area (Å²) in [5, 5.41) is 1.55. The normalized spacial score (nSPS) is 10.7. The zero-order chi connectivity index (χ0) is 11.8. The van der Waals surface area contributed by atoms with Crippen molar-refractivity contribution in [3.05, 3.63) is 40.2 Å². The lowest BCUT2D eigenvalue weighted by atomic mass is 10.0. The van der Waals surface area contributed by atoms with Crippen LogP contribution in [0.3, 0.4) is 0 Å². The van der Waals surface area contributed by atoms with Gasteiger partial charge in [-0.1, -0.05) is 61.9 Å². The first-order valence-corrected chi connectivity index (χ1v) is 6.76. The Kier molecular flexibility index (Phi) is 6.91. The maximum Gasteiger partial charge on any atom is 0.0452 e. The molecule has 1 rings (SSSR count). The van der Waals surface area contributed by atoms with E-state index in [1.54, 1.807) is 0 Å². The lowest BCUT2D eigenvalue weighted by molar-refractivity contribution is 0.657. The molecular formula is C14H19Cl2. The van der Waals surface area contributed by atoms with Crippen LogP contribution in [0.15, 0.2) is 18.2 Å². The van der Waals surface area contributed by atoms with Crippen LogP contribution >= 0.6 is 23.2 Å². The highest BCUT2D eigenvalue weighted by molar-refractivity contribution is 6.36. The SMILES string of the molecule is CCCCCC[CH]Cc1c(Cl)cccc1Cl. The van der Waals surface area contributed by atoms with Gasteiger partial charge in [0.25, 0.3) is 0 Å². The van der Waals surface area contributed by atoms with Crippen LogP contribution in [0.25, 0.3) is 0 Å². The molecule has 0 aliphatic carbocycles. The van der Waals surface area contributed by atoms with Gasteiger partial charge in [0.1, 0.15) is 0 Å². The Morgan fingerprint density at radius 3 is 2.38 bits per heavy atom. The predicted molar refractivity (Wildman–Crippen MR) is 73.2 cm³/mol. The zero-order valence-corrected chi connectivity index (χ0v) is 11.3. The second-order valence-electron chi connectivity index (χ2n) is 4.04. The maximum atomic E-state index is 6.09. The van der Waals surface area contributed by atoms with E-state index in [0.717, 1.165) is 28.5 Å². The highest BCUT2D eigenvalue weighted by atomic mass is 35.5. The van der Waals surface area contributed by atoms with E-state index in [-0.39, 0.29) is 0 Å². The van der Waals surface area contributed by atoms with E-state index < -0.39 is 0 Å². The third-order valence-corrected chi connectivity index (χ3v) is 3.38. The molecule has 0 amide bonds. The van der Waals surface area contributed by atoms with Crippen LogP contribution in [0, 0.1) is 6.42 Å². The van der Waals surface area contributed by atoms with Gasteiger partial charge in [-0.15, -0.1) is 0 Å². The molecule has 1 radical (unpaired) electrons. The molecule has 0 spiro atoms. The molecule has 0 heterocycles. The van der Waals surface area contributed by atoms with Crippen molar-refractivity contribution in [3.8, 4) is 0 Å². The summed E-state index contributed by atoms with van der Waals surface area (Å²) in [6, 6.07) is 5.68.